The Balaban J connectivity index is 1.49. The summed E-state index contributed by atoms with van der Waals surface area (Å²) in [7, 11) is 0. The Labute approximate surface area is 190 Å². The van der Waals surface area contributed by atoms with Gasteiger partial charge in [-0.3, -0.25) is 10.1 Å². The van der Waals surface area contributed by atoms with Crippen molar-refractivity contribution in [2.24, 2.45) is 0 Å². The van der Waals surface area contributed by atoms with Crippen LogP contribution < -0.4 is 14.7 Å². The van der Waals surface area contributed by atoms with Crippen LogP contribution in [0.3, 0.4) is 0 Å². The van der Waals surface area contributed by atoms with Gasteiger partial charge in [-0.15, -0.1) is 0 Å². The average Bonchev–Trinajstić information content (AvgIpc) is 2.84. The van der Waals surface area contributed by atoms with E-state index in [2.05, 4.69) is 9.97 Å². The Bertz CT molecular complexity index is 1010. The van der Waals surface area contributed by atoms with Crippen molar-refractivity contribution in [2.75, 3.05) is 73.7 Å². The molecule has 12 heteroatoms. The molecule has 176 valence electrons. The maximum atomic E-state index is 14.1. The Hall–Kier alpha value is -3.70. The minimum Gasteiger partial charge on any atom is -0.450 e. The molecular formula is C21H26FN7O4. The molecule has 1 aromatic heterocycles. The van der Waals surface area contributed by atoms with Crippen molar-refractivity contribution < 1.29 is 18.8 Å². The van der Waals surface area contributed by atoms with Crippen LogP contribution in [0.25, 0.3) is 0 Å². The van der Waals surface area contributed by atoms with Gasteiger partial charge < -0.3 is 24.3 Å². The van der Waals surface area contributed by atoms with Gasteiger partial charge >= 0.3 is 11.8 Å². The predicted molar refractivity (Wildman–Crippen MR) is 120 cm³/mol. The van der Waals surface area contributed by atoms with Crippen LogP contribution >= 0.6 is 0 Å². The van der Waals surface area contributed by atoms with Gasteiger partial charge in [0.15, 0.2) is 0 Å². The minimum absolute atomic E-state index is 0.151. The van der Waals surface area contributed by atoms with Crippen LogP contribution in [-0.2, 0) is 4.74 Å². The fourth-order valence-electron chi connectivity index (χ4n) is 4.17. The number of hydrogen-bond donors (Lipinski definition) is 0. The topological polar surface area (TPSA) is 108 Å². The minimum atomic E-state index is -0.453. The van der Waals surface area contributed by atoms with Crippen molar-refractivity contribution >= 4 is 29.1 Å². The van der Waals surface area contributed by atoms with Crippen LogP contribution in [-0.4, -0.2) is 84.8 Å². The molecule has 2 aliphatic heterocycles. The number of benzene rings is 1. The Morgan fingerprint density at radius 3 is 2.09 bits per heavy atom. The summed E-state index contributed by atoms with van der Waals surface area (Å²) in [5, 5.41) is 12.0. The maximum absolute atomic E-state index is 14.1. The second-order valence-electron chi connectivity index (χ2n) is 7.73. The second-order valence-corrected chi connectivity index (χ2v) is 7.73. The van der Waals surface area contributed by atoms with Crippen LogP contribution in [0.4, 0.5) is 32.2 Å². The molecule has 0 unspecified atom stereocenters. The number of aromatic nitrogens is 2. The highest BCUT2D eigenvalue weighted by Gasteiger charge is 2.33. The largest absolute Gasteiger partial charge is 0.450 e. The lowest BCUT2D eigenvalue weighted by molar-refractivity contribution is -0.383. The van der Waals surface area contributed by atoms with Crippen molar-refractivity contribution in [1.82, 2.24) is 14.9 Å². The molecule has 2 saturated heterocycles. The lowest BCUT2D eigenvalue weighted by atomic mass is 10.2. The lowest BCUT2D eigenvalue weighted by Gasteiger charge is -2.37. The second kappa shape index (κ2) is 9.84. The predicted octanol–water partition coefficient (Wildman–Crippen LogP) is 2.13. The number of para-hydroxylation sites is 1. The number of halogens is 1. The van der Waals surface area contributed by atoms with Gasteiger partial charge in [0.05, 0.1) is 17.2 Å². The van der Waals surface area contributed by atoms with Crippen LogP contribution in [0.2, 0.25) is 0 Å². The molecule has 0 bridgehead atoms. The molecule has 3 heterocycles. The van der Waals surface area contributed by atoms with Gasteiger partial charge in [0.2, 0.25) is 11.6 Å². The van der Waals surface area contributed by atoms with Gasteiger partial charge in [0, 0.05) is 52.4 Å². The molecule has 0 N–H and O–H groups in total. The first-order valence-corrected chi connectivity index (χ1v) is 10.9. The normalized spacial score (nSPS) is 16.7. The fraction of sp³-hybridized carbons (Fsp3) is 0.476. The summed E-state index contributed by atoms with van der Waals surface area (Å²) in [6.07, 6.45) is 0.946. The summed E-state index contributed by atoms with van der Waals surface area (Å²) in [6.45, 7) is 5.55. The molecule has 4 rings (SSSR count). The number of amides is 1. The number of anilines is 3. The van der Waals surface area contributed by atoms with Crippen LogP contribution in [0, 0.1) is 15.9 Å². The fourth-order valence-corrected chi connectivity index (χ4v) is 4.17. The van der Waals surface area contributed by atoms with Gasteiger partial charge in [-0.25, -0.2) is 19.2 Å². The van der Waals surface area contributed by atoms with E-state index in [0.29, 0.717) is 64.7 Å². The highest BCUT2D eigenvalue weighted by atomic mass is 19.1. The highest BCUT2D eigenvalue weighted by Crippen LogP contribution is 2.35. The van der Waals surface area contributed by atoms with E-state index in [0.717, 1.165) is 0 Å². The molecule has 11 nitrogen and oxygen atoms in total. The van der Waals surface area contributed by atoms with E-state index < -0.39 is 4.92 Å². The molecule has 2 aromatic rings. The third-order valence-electron chi connectivity index (χ3n) is 5.84. The molecule has 2 aliphatic rings. The molecular weight excluding hydrogens is 433 g/mol. The molecule has 0 aliphatic carbocycles. The Morgan fingerprint density at radius 2 is 1.55 bits per heavy atom. The summed E-state index contributed by atoms with van der Waals surface area (Å²) in [4.78, 5) is 39.1. The lowest BCUT2D eigenvalue weighted by Crippen LogP contribution is -2.49. The first kappa shape index (κ1) is 22.5. The smallest absolute Gasteiger partial charge is 0.409 e. The number of carbonyl (C=O) groups excluding carboxylic acids is 1. The van der Waals surface area contributed by atoms with Gasteiger partial charge in [-0.2, -0.15) is 0 Å². The maximum Gasteiger partial charge on any atom is 0.409 e. The molecule has 1 amide bonds. The zero-order chi connectivity index (χ0) is 23.4. The molecule has 1 aromatic carbocycles. The zero-order valence-corrected chi connectivity index (χ0v) is 18.4. The molecule has 33 heavy (non-hydrogen) atoms. The number of piperazine rings is 2. The van der Waals surface area contributed by atoms with Gasteiger partial charge in [-0.1, -0.05) is 12.1 Å². The summed E-state index contributed by atoms with van der Waals surface area (Å²) < 4.78 is 19.2. The number of ether oxygens (including phenoxy) is 1. The molecule has 0 spiro atoms. The standard InChI is InChI=1S/C21H26FN7O4/c1-2-33-21(30)28-13-11-27(12-14-28)20-18(29(31)32)19(23-15-24-20)26-9-7-25(8-10-26)17-6-4-3-5-16(17)22/h3-6,15H,2,7-14H2,1H3. The van der Waals surface area contributed by atoms with Crippen LogP contribution in [0.15, 0.2) is 30.6 Å². The summed E-state index contributed by atoms with van der Waals surface area (Å²) in [5.41, 5.74) is 0.371. The highest BCUT2D eigenvalue weighted by molar-refractivity contribution is 5.73. The number of hydrogen-bond acceptors (Lipinski definition) is 9. The van der Waals surface area contributed by atoms with Crippen molar-refractivity contribution in [3.05, 3.63) is 46.5 Å². The summed E-state index contributed by atoms with van der Waals surface area (Å²) in [6, 6.07) is 6.58. The third-order valence-corrected chi connectivity index (χ3v) is 5.84. The molecule has 2 fully saturated rings. The van der Waals surface area contributed by atoms with E-state index in [1.165, 1.54) is 12.4 Å². The number of nitro groups is 1. The van der Waals surface area contributed by atoms with Crippen LogP contribution in [0.1, 0.15) is 6.92 Å². The van der Waals surface area contributed by atoms with Crippen molar-refractivity contribution in [3.8, 4) is 0 Å². The molecule has 0 atom stereocenters. The molecule has 0 radical (unpaired) electrons. The first-order chi connectivity index (χ1) is 16.0. The zero-order valence-electron chi connectivity index (χ0n) is 18.4. The Morgan fingerprint density at radius 1 is 1.00 bits per heavy atom. The molecule has 0 saturated carbocycles. The van der Waals surface area contributed by atoms with E-state index in [-0.39, 0.29) is 29.2 Å². The van der Waals surface area contributed by atoms with Crippen molar-refractivity contribution in [2.45, 2.75) is 6.92 Å². The van der Waals surface area contributed by atoms with Crippen molar-refractivity contribution in [1.29, 1.82) is 0 Å². The summed E-state index contributed by atoms with van der Waals surface area (Å²) in [5.74, 6) is 0.208. The number of rotatable bonds is 5. The monoisotopic (exact) mass is 459 g/mol. The van der Waals surface area contributed by atoms with Crippen molar-refractivity contribution in [3.63, 3.8) is 0 Å². The van der Waals surface area contributed by atoms with Gasteiger partial charge in [0.1, 0.15) is 12.1 Å². The van der Waals surface area contributed by atoms with E-state index in [9.17, 15) is 19.3 Å². The van der Waals surface area contributed by atoms with E-state index in [4.69, 9.17) is 4.74 Å². The first-order valence-electron chi connectivity index (χ1n) is 10.9. The van der Waals surface area contributed by atoms with E-state index >= 15 is 0 Å². The summed E-state index contributed by atoms with van der Waals surface area (Å²) >= 11 is 0. The SMILES string of the molecule is CCOC(=O)N1CCN(c2ncnc(N3CCN(c4ccccc4F)CC3)c2[N+](=O)[O-])CC1. The van der Waals surface area contributed by atoms with E-state index in [1.54, 1.807) is 34.9 Å². The van der Waals surface area contributed by atoms with E-state index in [1.807, 2.05) is 9.80 Å². The average molecular weight is 459 g/mol. The number of carbonyl (C=O) groups is 1. The van der Waals surface area contributed by atoms with Gasteiger partial charge in [0.25, 0.3) is 0 Å². The quantitative estimate of drug-likeness (QED) is 0.491. The Kier molecular flexibility index (Phi) is 6.71. The van der Waals surface area contributed by atoms with Gasteiger partial charge in [-0.05, 0) is 19.1 Å². The van der Waals surface area contributed by atoms with Crippen LogP contribution in [0.5, 0.6) is 0 Å². The number of nitrogens with zero attached hydrogens (tertiary/aromatic N) is 7. The third kappa shape index (κ3) is 4.73.